The van der Waals surface area contributed by atoms with Gasteiger partial charge in [0.1, 0.15) is 11.4 Å². The van der Waals surface area contributed by atoms with Crippen molar-refractivity contribution in [2.45, 2.75) is 0 Å². The fourth-order valence-electron chi connectivity index (χ4n) is 2.42. The standard InChI is InChI=1S/C20H16BrNO3.CH4O/c1-25-19-11-16(21)9-15(20(19)24)12-22-17-10-14(7-8-18(17)23)13-5-3-2-4-6-13;1-2/h2-12,23-24H,1H3;2H,1H3. The Kier molecular flexibility index (Phi) is 7.40. The molecular weight excluding hydrogens is 410 g/mol. The molecule has 0 heterocycles. The quantitative estimate of drug-likeness (QED) is 0.515. The van der Waals surface area contributed by atoms with Crippen LogP contribution in [0.5, 0.6) is 17.2 Å². The van der Waals surface area contributed by atoms with Gasteiger partial charge in [0, 0.05) is 23.4 Å². The molecule has 3 aromatic rings. The second-order valence-corrected chi connectivity index (χ2v) is 6.29. The molecular formula is C21H20BrNO4. The topological polar surface area (TPSA) is 82.3 Å². The van der Waals surface area contributed by atoms with Gasteiger partial charge in [0.15, 0.2) is 11.5 Å². The van der Waals surface area contributed by atoms with Crippen molar-refractivity contribution in [1.29, 1.82) is 0 Å². The van der Waals surface area contributed by atoms with Gasteiger partial charge >= 0.3 is 0 Å². The van der Waals surface area contributed by atoms with Crippen LogP contribution in [0.1, 0.15) is 5.56 Å². The van der Waals surface area contributed by atoms with Gasteiger partial charge in [0.05, 0.1) is 7.11 Å². The van der Waals surface area contributed by atoms with Crippen molar-refractivity contribution >= 4 is 27.8 Å². The average molecular weight is 430 g/mol. The number of methoxy groups -OCH3 is 1. The van der Waals surface area contributed by atoms with E-state index in [4.69, 9.17) is 9.84 Å². The number of nitrogens with zero attached hydrogens (tertiary/aromatic N) is 1. The Bertz CT molecular complexity index is 927. The first kappa shape index (κ1) is 20.5. The minimum Gasteiger partial charge on any atom is -0.506 e. The summed E-state index contributed by atoms with van der Waals surface area (Å²) in [6.45, 7) is 0. The second kappa shape index (κ2) is 9.75. The van der Waals surface area contributed by atoms with Crippen molar-refractivity contribution in [3.63, 3.8) is 0 Å². The lowest BCUT2D eigenvalue weighted by molar-refractivity contribution is 0.373. The highest BCUT2D eigenvalue weighted by molar-refractivity contribution is 9.10. The number of rotatable bonds is 4. The van der Waals surface area contributed by atoms with Crippen LogP contribution in [0.25, 0.3) is 11.1 Å². The molecule has 0 aliphatic carbocycles. The lowest BCUT2D eigenvalue weighted by Crippen LogP contribution is -1.89. The molecule has 0 aliphatic heterocycles. The summed E-state index contributed by atoms with van der Waals surface area (Å²) in [5.74, 6) is 0.406. The summed E-state index contributed by atoms with van der Waals surface area (Å²) in [6, 6.07) is 18.5. The molecule has 27 heavy (non-hydrogen) atoms. The molecule has 0 aromatic heterocycles. The van der Waals surface area contributed by atoms with E-state index in [9.17, 15) is 10.2 Å². The predicted molar refractivity (Wildman–Crippen MR) is 111 cm³/mol. The molecule has 0 amide bonds. The first-order valence-corrected chi connectivity index (χ1v) is 8.81. The number of benzene rings is 3. The third-order valence-electron chi connectivity index (χ3n) is 3.71. The minimum atomic E-state index is -0.00634. The van der Waals surface area contributed by atoms with Crippen LogP contribution in [-0.4, -0.2) is 35.8 Å². The van der Waals surface area contributed by atoms with E-state index in [0.717, 1.165) is 22.7 Å². The van der Waals surface area contributed by atoms with Crippen LogP contribution in [0.4, 0.5) is 5.69 Å². The normalized spacial score (nSPS) is 10.4. The van der Waals surface area contributed by atoms with E-state index >= 15 is 0 Å². The van der Waals surface area contributed by atoms with Crippen molar-refractivity contribution in [3.05, 3.63) is 70.7 Å². The Morgan fingerprint density at radius 3 is 2.30 bits per heavy atom. The van der Waals surface area contributed by atoms with Crippen molar-refractivity contribution in [2.75, 3.05) is 14.2 Å². The van der Waals surface area contributed by atoms with Crippen LogP contribution >= 0.6 is 15.9 Å². The molecule has 0 aliphatic rings. The summed E-state index contributed by atoms with van der Waals surface area (Å²) < 4.78 is 5.88. The highest BCUT2D eigenvalue weighted by Gasteiger charge is 2.09. The molecule has 0 saturated heterocycles. The zero-order valence-corrected chi connectivity index (χ0v) is 16.5. The van der Waals surface area contributed by atoms with E-state index in [-0.39, 0.29) is 11.5 Å². The highest BCUT2D eigenvalue weighted by Crippen LogP contribution is 2.35. The van der Waals surface area contributed by atoms with E-state index in [1.54, 1.807) is 24.3 Å². The SMILES string of the molecule is CO.COc1cc(Br)cc(C=Nc2cc(-c3ccccc3)ccc2O)c1O. The molecule has 0 unspecified atom stereocenters. The number of aliphatic hydroxyl groups excluding tert-OH is 1. The number of ether oxygens (including phenoxy) is 1. The molecule has 0 spiro atoms. The maximum absolute atomic E-state index is 10.2. The first-order valence-electron chi connectivity index (χ1n) is 8.02. The third kappa shape index (κ3) is 5.09. The molecule has 0 fully saturated rings. The van der Waals surface area contributed by atoms with E-state index in [1.807, 2.05) is 36.4 Å². The Hall–Kier alpha value is -2.83. The maximum Gasteiger partial charge on any atom is 0.166 e. The van der Waals surface area contributed by atoms with Gasteiger partial charge in [0.2, 0.25) is 0 Å². The molecule has 3 rings (SSSR count). The fraction of sp³-hybridized carbons (Fsp3) is 0.0952. The summed E-state index contributed by atoms with van der Waals surface area (Å²) in [5.41, 5.74) is 2.88. The van der Waals surface area contributed by atoms with Gasteiger partial charge in [-0.15, -0.1) is 0 Å². The number of phenolic OH excluding ortho intramolecular Hbond substituents is 2. The number of hydrogen-bond donors (Lipinski definition) is 3. The van der Waals surface area contributed by atoms with Crippen molar-refractivity contribution in [3.8, 4) is 28.4 Å². The van der Waals surface area contributed by atoms with Crippen LogP contribution < -0.4 is 4.74 Å². The summed E-state index contributed by atoms with van der Waals surface area (Å²) >= 11 is 3.37. The molecule has 3 N–H and O–H groups in total. The molecule has 3 aromatic carbocycles. The molecule has 0 bridgehead atoms. The van der Waals surface area contributed by atoms with Crippen LogP contribution in [-0.2, 0) is 0 Å². The largest absolute Gasteiger partial charge is 0.506 e. The van der Waals surface area contributed by atoms with Gasteiger partial charge in [-0.2, -0.15) is 0 Å². The Morgan fingerprint density at radius 1 is 0.926 bits per heavy atom. The van der Waals surface area contributed by atoms with Crippen molar-refractivity contribution < 1.29 is 20.1 Å². The number of phenols is 2. The van der Waals surface area contributed by atoms with Gasteiger partial charge in [-0.05, 0) is 35.4 Å². The minimum absolute atomic E-state index is 0.00634. The van der Waals surface area contributed by atoms with Gasteiger partial charge in [-0.3, -0.25) is 4.99 Å². The lowest BCUT2D eigenvalue weighted by Gasteiger charge is -2.07. The monoisotopic (exact) mass is 429 g/mol. The van der Waals surface area contributed by atoms with Gasteiger partial charge < -0.3 is 20.1 Å². The second-order valence-electron chi connectivity index (χ2n) is 5.37. The van der Waals surface area contributed by atoms with E-state index in [1.165, 1.54) is 13.3 Å². The van der Waals surface area contributed by atoms with Crippen molar-refractivity contribution in [1.82, 2.24) is 0 Å². The van der Waals surface area contributed by atoms with E-state index in [2.05, 4.69) is 20.9 Å². The lowest BCUT2D eigenvalue weighted by atomic mass is 10.0. The summed E-state index contributed by atoms with van der Waals surface area (Å²) in [6.07, 6.45) is 1.49. The first-order chi connectivity index (χ1) is 13.1. The summed E-state index contributed by atoms with van der Waals surface area (Å²) in [4.78, 5) is 4.33. The van der Waals surface area contributed by atoms with E-state index in [0.29, 0.717) is 17.0 Å². The van der Waals surface area contributed by atoms with Crippen LogP contribution in [0.2, 0.25) is 0 Å². The molecule has 5 nitrogen and oxygen atoms in total. The summed E-state index contributed by atoms with van der Waals surface area (Å²) in [5, 5.41) is 27.3. The van der Waals surface area contributed by atoms with Crippen LogP contribution in [0.15, 0.2) is 70.1 Å². The summed E-state index contributed by atoms with van der Waals surface area (Å²) in [7, 11) is 2.48. The molecule has 0 saturated carbocycles. The fourth-order valence-corrected chi connectivity index (χ4v) is 2.88. The number of aliphatic imine (C=N–C) groups is 1. The Balaban J connectivity index is 0.00000126. The third-order valence-corrected chi connectivity index (χ3v) is 4.17. The Morgan fingerprint density at radius 2 is 1.63 bits per heavy atom. The Labute approximate surface area is 166 Å². The zero-order chi connectivity index (χ0) is 19.8. The van der Waals surface area contributed by atoms with Gasteiger partial charge in [-0.1, -0.05) is 52.3 Å². The predicted octanol–water partition coefficient (Wildman–Crippen LogP) is 4.90. The van der Waals surface area contributed by atoms with E-state index < -0.39 is 0 Å². The number of aliphatic hydroxyl groups is 1. The highest BCUT2D eigenvalue weighted by atomic mass is 79.9. The van der Waals surface area contributed by atoms with Gasteiger partial charge in [-0.25, -0.2) is 0 Å². The number of aromatic hydroxyl groups is 2. The number of hydrogen-bond acceptors (Lipinski definition) is 5. The van der Waals surface area contributed by atoms with Crippen LogP contribution in [0, 0.1) is 0 Å². The molecule has 0 radical (unpaired) electrons. The smallest absolute Gasteiger partial charge is 0.166 e. The van der Waals surface area contributed by atoms with Crippen molar-refractivity contribution in [2.24, 2.45) is 4.99 Å². The average Bonchev–Trinajstić information content (AvgIpc) is 2.71. The maximum atomic E-state index is 10.2. The van der Waals surface area contributed by atoms with Gasteiger partial charge in [0.25, 0.3) is 0 Å². The van der Waals surface area contributed by atoms with Crippen LogP contribution in [0.3, 0.4) is 0 Å². The molecule has 6 heteroatoms. The zero-order valence-electron chi connectivity index (χ0n) is 14.9. The molecule has 0 atom stereocenters. The number of halogens is 1. The molecule has 140 valence electrons.